The molecule has 4 heterocycles. The van der Waals surface area contributed by atoms with Crippen LogP contribution in [0.4, 0.5) is 11.8 Å². The van der Waals surface area contributed by atoms with E-state index in [1.54, 1.807) is 18.5 Å². The van der Waals surface area contributed by atoms with Gasteiger partial charge in [-0.05, 0) is 51.8 Å². The fourth-order valence-corrected chi connectivity index (χ4v) is 6.23. The molecule has 0 aliphatic carbocycles. The van der Waals surface area contributed by atoms with Gasteiger partial charge in [0.2, 0.25) is 5.95 Å². The van der Waals surface area contributed by atoms with E-state index in [0.717, 1.165) is 10.9 Å². The molecule has 13 heteroatoms. The van der Waals surface area contributed by atoms with Crippen molar-refractivity contribution < 1.29 is 23.7 Å². The standard InChI is InChI=1S/C33H40N6O7/c1-5-44-28-19-25-23(18-27(28)46-20-29(40)45-6-2)30(35-32(34-25)38-13-15-43-16-14-38)37-11-9-22(10-12-37)39-31(41)24-17-21(3)7-8-26(24)36(4)33(39)42/h7-8,17-19,22H,5-6,9-16,20H2,1-4H3. The minimum atomic E-state index is -0.475. The number of rotatable bonds is 9. The maximum absolute atomic E-state index is 13.6. The van der Waals surface area contributed by atoms with Crippen LogP contribution < -0.4 is 30.5 Å². The van der Waals surface area contributed by atoms with E-state index in [1.165, 1.54) is 4.57 Å². The summed E-state index contributed by atoms with van der Waals surface area (Å²) in [5.74, 6) is 1.69. The molecule has 2 aliphatic heterocycles. The molecule has 2 saturated heterocycles. The monoisotopic (exact) mass is 632 g/mol. The lowest BCUT2D eigenvalue weighted by atomic mass is 10.0. The average molecular weight is 633 g/mol. The molecule has 13 nitrogen and oxygen atoms in total. The van der Waals surface area contributed by atoms with Crippen LogP contribution in [0.2, 0.25) is 0 Å². The Balaban J connectivity index is 1.37. The molecule has 0 bridgehead atoms. The highest BCUT2D eigenvalue weighted by molar-refractivity contribution is 5.93. The van der Waals surface area contributed by atoms with Crippen LogP contribution in [0.25, 0.3) is 21.8 Å². The first kappa shape index (κ1) is 31.3. The zero-order chi connectivity index (χ0) is 32.4. The molecule has 2 fully saturated rings. The molecule has 46 heavy (non-hydrogen) atoms. The van der Waals surface area contributed by atoms with Crippen LogP contribution in [0.1, 0.15) is 38.3 Å². The number of benzene rings is 2. The van der Waals surface area contributed by atoms with Gasteiger partial charge < -0.3 is 28.7 Å². The number of hydrogen-bond acceptors (Lipinski definition) is 11. The van der Waals surface area contributed by atoms with Gasteiger partial charge in [0.25, 0.3) is 5.56 Å². The molecule has 2 aromatic heterocycles. The molecular weight excluding hydrogens is 592 g/mol. The molecule has 0 radical (unpaired) electrons. The first-order chi connectivity index (χ1) is 22.3. The van der Waals surface area contributed by atoms with E-state index in [0.29, 0.717) is 98.5 Å². The molecule has 244 valence electrons. The van der Waals surface area contributed by atoms with E-state index in [2.05, 4.69) is 9.80 Å². The molecular formula is C33H40N6O7. The Bertz CT molecular complexity index is 1870. The average Bonchev–Trinajstić information content (AvgIpc) is 3.07. The number of fused-ring (bicyclic) bond motifs is 2. The Labute approximate surface area is 266 Å². The Kier molecular flexibility index (Phi) is 9.11. The molecule has 0 unspecified atom stereocenters. The number of carbonyl (C=O) groups excluding carboxylic acids is 1. The second kappa shape index (κ2) is 13.4. The Morgan fingerprint density at radius 3 is 2.37 bits per heavy atom. The van der Waals surface area contributed by atoms with Crippen LogP contribution in [0.15, 0.2) is 39.9 Å². The molecule has 0 saturated carbocycles. The van der Waals surface area contributed by atoms with Gasteiger partial charge in [-0.3, -0.25) is 13.9 Å². The number of nitrogens with zero attached hydrogens (tertiary/aromatic N) is 6. The Hall–Kier alpha value is -4.65. The zero-order valence-electron chi connectivity index (χ0n) is 26.8. The summed E-state index contributed by atoms with van der Waals surface area (Å²) in [4.78, 5) is 53.4. The summed E-state index contributed by atoms with van der Waals surface area (Å²) in [6, 6.07) is 8.96. The van der Waals surface area contributed by atoms with Gasteiger partial charge in [0.15, 0.2) is 18.1 Å². The molecule has 2 aliphatic rings. The van der Waals surface area contributed by atoms with Gasteiger partial charge in [-0.15, -0.1) is 0 Å². The van der Waals surface area contributed by atoms with Crippen molar-refractivity contribution in [2.24, 2.45) is 7.05 Å². The van der Waals surface area contributed by atoms with E-state index in [-0.39, 0.29) is 30.5 Å². The van der Waals surface area contributed by atoms with E-state index < -0.39 is 5.97 Å². The van der Waals surface area contributed by atoms with Crippen molar-refractivity contribution in [2.45, 2.75) is 39.7 Å². The third-order valence-corrected chi connectivity index (χ3v) is 8.56. The second-order valence-corrected chi connectivity index (χ2v) is 11.5. The van der Waals surface area contributed by atoms with Crippen molar-refractivity contribution in [1.29, 1.82) is 0 Å². The highest BCUT2D eigenvalue weighted by Gasteiger charge is 2.28. The van der Waals surface area contributed by atoms with Gasteiger partial charge in [0.05, 0.1) is 42.8 Å². The van der Waals surface area contributed by atoms with Gasteiger partial charge >= 0.3 is 11.7 Å². The minimum Gasteiger partial charge on any atom is -0.490 e. The quantitative estimate of drug-likeness (QED) is 0.253. The van der Waals surface area contributed by atoms with Crippen molar-refractivity contribution in [2.75, 3.05) is 69.0 Å². The molecule has 0 atom stereocenters. The summed E-state index contributed by atoms with van der Waals surface area (Å²) in [6.07, 6.45) is 1.15. The van der Waals surface area contributed by atoms with Crippen LogP contribution >= 0.6 is 0 Å². The van der Waals surface area contributed by atoms with Crippen LogP contribution in [0.5, 0.6) is 11.5 Å². The first-order valence-electron chi connectivity index (χ1n) is 15.9. The van der Waals surface area contributed by atoms with Gasteiger partial charge in [0.1, 0.15) is 5.82 Å². The zero-order valence-corrected chi connectivity index (χ0v) is 26.8. The molecule has 4 aromatic rings. The number of aromatic nitrogens is 4. The third kappa shape index (κ3) is 6.11. The number of aryl methyl sites for hydroxylation is 2. The fourth-order valence-electron chi connectivity index (χ4n) is 6.23. The molecule has 0 amide bonds. The SMILES string of the molecule is CCOC(=O)COc1cc2c(N3CCC(n4c(=O)c5cc(C)ccc5n(C)c4=O)CC3)nc(N3CCOCC3)nc2cc1OCC. The largest absolute Gasteiger partial charge is 0.490 e. The number of anilines is 2. The number of esters is 1. The normalized spacial score (nSPS) is 15.8. The van der Waals surface area contributed by atoms with Gasteiger partial charge in [-0.25, -0.2) is 14.6 Å². The van der Waals surface area contributed by atoms with Crippen LogP contribution in [-0.4, -0.2) is 84.3 Å². The van der Waals surface area contributed by atoms with E-state index in [4.69, 9.17) is 28.9 Å². The van der Waals surface area contributed by atoms with Crippen LogP contribution in [-0.2, 0) is 21.3 Å². The topological polar surface area (TPSA) is 130 Å². The Morgan fingerprint density at radius 2 is 1.65 bits per heavy atom. The van der Waals surface area contributed by atoms with Gasteiger partial charge in [0, 0.05) is 50.7 Å². The summed E-state index contributed by atoms with van der Waals surface area (Å²) in [6.45, 7) is 9.58. The summed E-state index contributed by atoms with van der Waals surface area (Å²) < 4.78 is 25.4. The lowest BCUT2D eigenvalue weighted by molar-refractivity contribution is -0.145. The summed E-state index contributed by atoms with van der Waals surface area (Å²) in [7, 11) is 1.71. The highest BCUT2D eigenvalue weighted by atomic mass is 16.6. The number of carbonyl (C=O) groups is 1. The molecule has 0 spiro atoms. The van der Waals surface area contributed by atoms with E-state index in [1.807, 2.05) is 44.2 Å². The Morgan fingerprint density at radius 1 is 0.913 bits per heavy atom. The molecule has 2 aromatic carbocycles. The van der Waals surface area contributed by atoms with E-state index >= 15 is 0 Å². The predicted molar refractivity (Wildman–Crippen MR) is 175 cm³/mol. The summed E-state index contributed by atoms with van der Waals surface area (Å²) in [5, 5.41) is 1.29. The lowest BCUT2D eigenvalue weighted by Gasteiger charge is -2.35. The first-order valence-corrected chi connectivity index (χ1v) is 15.9. The highest BCUT2D eigenvalue weighted by Crippen LogP contribution is 2.38. The maximum atomic E-state index is 13.6. The lowest BCUT2D eigenvalue weighted by Crippen LogP contribution is -2.45. The predicted octanol–water partition coefficient (Wildman–Crippen LogP) is 2.97. The summed E-state index contributed by atoms with van der Waals surface area (Å²) >= 11 is 0. The minimum absolute atomic E-state index is 0.255. The molecule has 6 rings (SSSR count). The second-order valence-electron chi connectivity index (χ2n) is 11.5. The van der Waals surface area contributed by atoms with Crippen molar-refractivity contribution in [3.8, 4) is 11.5 Å². The number of morpholine rings is 1. The van der Waals surface area contributed by atoms with Crippen molar-refractivity contribution in [3.63, 3.8) is 0 Å². The van der Waals surface area contributed by atoms with Crippen molar-refractivity contribution >= 4 is 39.5 Å². The maximum Gasteiger partial charge on any atom is 0.344 e. The number of piperidine rings is 1. The van der Waals surface area contributed by atoms with Crippen LogP contribution in [0, 0.1) is 6.92 Å². The van der Waals surface area contributed by atoms with Crippen molar-refractivity contribution in [3.05, 3.63) is 56.7 Å². The number of hydrogen-bond donors (Lipinski definition) is 0. The summed E-state index contributed by atoms with van der Waals surface area (Å²) in [5.41, 5.74) is 1.71. The smallest absolute Gasteiger partial charge is 0.344 e. The number of ether oxygens (including phenoxy) is 4. The van der Waals surface area contributed by atoms with Gasteiger partial charge in [-0.1, -0.05) is 11.6 Å². The van der Waals surface area contributed by atoms with E-state index in [9.17, 15) is 14.4 Å². The van der Waals surface area contributed by atoms with Gasteiger partial charge in [-0.2, -0.15) is 4.98 Å². The third-order valence-electron chi connectivity index (χ3n) is 8.56. The molecule has 0 N–H and O–H groups in total. The fraction of sp³-hybridized carbons (Fsp3) is 0.485. The van der Waals surface area contributed by atoms with Crippen molar-refractivity contribution in [1.82, 2.24) is 19.1 Å². The van der Waals surface area contributed by atoms with Crippen LogP contribution in [0.3, 0.4) is 0 Å².